The zero-order valence-electron chi connectivity index (χ0n) is 14.6. The molecule has 0 spiro atoms. The van der Waals surface area contributed by atoms with Crippen LogP contribution in [0.4, 0.5) is 0 Å². The van der Waals surface area contributed by atoms with Crippen LogP contribution in [-0.4, -0.2) is 39.7 Å². The number of carbonyl (C=O) groups excluding carboxylic acids is 2. The number of furan rings is 1. The number of methoxy groups -OCH3 is 3. The van der Waals surface area contributed by atoms with Gasteiger partial charge in [0.05, 0.1) is 27.9 Å². The van der Waals surface area contributed by atoms with Crippen LogP contribution in [0.5, 0.6) is 17.2 Å². The summed E-state index contributed by atoms with van der Waals surface area (Å²) in [4.78, 5) is 23.8. The second kappa shape index (κ2) is 9.14. The Bertz CT molecular complexity index is 764. The Hall–Kier alpha value is -2.68. The maximum Gasteiger partial charge on any atom is 0.287 e. The molecule has 0 atom stereocenters. The Morgan fingerprint density at radius 3 is 2.19 bits per heavy atom. The summed E-state index contributed by atoms with van der Waals surface area (Å²) in [6.07, 6.45) is 0. The molecule has 1 heterocycles. The van der Waals surface area contributed by atoms with Gasteiger partial charge in [-0.25, -0.2) is 0 Å². The molecule has 0 radical (unpaired) electrons. The van der Waals surface area contributed by atoms with Gasteiger partial charge >= 0.3 is 0 Å². The first-order valence-corrected chi connectivity index (χ1v) is 8.37. The quantitative estimate of drug-likeness (QED) is 0.670. The monoisotopic (exact) mass is 426 g/mol. The molecule has 0 aliphatic carbocycles. The van der Waals surface area contributed by atoms with Crippen molar-refractivity contribution < 1.29 is 28.2 Å². The van der Waals surface area contributed by atoms with Gasteiger partial charge in [-0.05, 0) is 45.8 Å². The van der Waals surface area contributed by atoms with E-state index in [0.29, 0.717) is 21.9 Å². The van der Waals surface area contributed by atoms with Crippen LogP contribution in [0.3, 0.4) is 0 Å². The summed E-state index contributed by atoms with van der Waals surface area (Å²) in [6, 6.07) is 6.58. The molecule has 0 saturated carbocycles. The average molecular weight is 427 g/mol. The first-order chi connectivity index (χ1) is 12.5. The molecule has 0 bridgehead atoms. The summed E-state index contributed by atoms with van der Waals surface area (Å²) in [5.74, 6) is 0.758. The number of hydrogen-bond acceptors (Lipinski definition) is 6. The van der Waals surface area contributed by atoms with Gasteiger partial charge in [0.1, 0.15) is 0 Å². The van der Waals surface area contributed by atoms with Gasteiger partial charge in [0, 0.05) is 6.54 Å². The van der Waals surface area contributed by atoms with Crippen LogP contribution < -0.4 is 24.8 Å². The van der Waals surface area contributed by atoms with Crippen molar-refractivity contribution in [3.63, 3.8) is 0 Å². The molecule has 0 saturated heterocycles. The van der Waals surface area contributed by atoms with Gasteiger partial charge in [-0.2, -0.15) is 0 Å². The molecule has 2 aromatic rings. The number of hydrogen-bond donors (Lipinski definition) is 2. The van der Waals surface area contributed by atoms with Gasteiger partial charge in [-0.15, -0.1) is 0 Å². The van der Waals surface area contributed by atoms with Crippen molar-refractivity contribution in [2.45, 2.75) is 6.54 Å². The molecule has 2 N–H and O–H groups in total. The largest absolute Gasteiger partial charge is 0.493 e. The minimum Gasteiger partial charge on any atom is -0.493 e. The molecule has 26 heavy (non-hydrogen) atoms. The minimum absolute atomic E-state index is 0.120. The fourth-order valence-corrected chi connectivity index (χ4v) is 2.49. The highest BCUT2D eigenvalue weighted by Crippen LogP contribution is 2.38. The molecule has 0 aliphatic rings. The van der Waals surface area contributed by atoms with Crippen LogP contribution in [0.1, 0.15) is 16.1 Å². The SMILES string of the molecule is COc1cc(CNC(=O)CNC(=O)c2ccc(Br)o2)cc(OC)c1OC. The molecule has 0 fully saturated rings. The normalized spacial score (nSPS) is 10.2. The Balaban J connectivity index is 1.91. The van der Waals surface area contributed by atoms with E-state index in [-0.39, 0.29) is 24.8 Å². The predicted molar refractivity (Wildman–Crippen MR) is 96.7 cm³/mol. The number of nitrogens with one attached hydrogen (secondary N) is 2. The van der Waals surface area contributed by atoms with Crippen LogP contribution in [0, 0.1) is 0 Å². The van der Waals surface area contributed by atoms with E-state index in [1.807, 2.05) is 0 Å². The number of ether oxygens (including phenoxy) is 3. The molecule has 1 aromatic heterocycles. The van der Waals surface area contributed by atoms with E-state index >= 15 is 0 Å². The van der Waals surface area contributed by atoms with Crippen molar-refractivity contribution >= 4 is 27.7 Å². The second-order valence-corrected chi connectivity index (χ2v) is 5.88. The highest BCUT2D eigenvalue weighted by Gasteiger charge is 2.14. The van der Waals surface area contributed by atoms with Crippen LogP contribution in [0.15, 0.2) is 33.4 Å². The molecule has 1 aromatic carbocycles. The number of amides is 2. The van der Waals surface area contributed by atoms with Gasteiger partial charge in [0.25, 0.3) is 5.91 Å². The Labute approximate surface area is 158 Å². The zero-order chi connectivity index (χ0) is 19.1. The summed E-state index contributed by atoms with van der Waals surface area (Å²) in [7, 11) is 4.55. The van der Waals surface area contributed by atoms with E-state index in [1.165, 1.54) is 27.4 Å². The van der Waals surface area contributed by atoms with Crippen molar-refractivity contribution in [3.05, 3.63) is 40.3 Å². The lowest BCUT2D eigenvalue weighted by Crippen LogP contribution is -2.36. The summed E-state index contributed by atoms with van der Waals surface area (Å²) < 4.78 is 21.3. The van der Waals surface area contributed by atoms with Crippen LogP contribution in [-0.2, 0) is 11.3 Å². The number of carbonyl (C=O) groups is 2. The van der Waals surface area contributed by atoms with Gasteiger partial charge < -0.3 is 29.3 Å². The maximum absolute atomic E-state index is 11.9. The van der Waals surface area contributed by atoms with Crippen LogP contribution >= 0.6 is 15.9 Å². The standard InChI is InChI=1S/C17H19BrN2O6/c1-23-12-6-10(7-13(24-2)16(12)25-3)8-19-15(21)9-20-17(22)11-4-5-14(18)26-11/h4-7H,8-9H2,1-3H3,(H,19,21)(H,20,22). The lowest BCUT2D eigenvalue weighted by atomic mass is 10.1. The topological polar surface area (TPSA) is 99.0 Å². The molecule has 2 amide bonds. The number of halogens is 1. The minimum atomic E-state index is -0.473. The summed E-state index contributed by atoms with van der Waals surface area (Å²) in [5.41, 5.74) is 0.758. The molecule has 2 rings (SSSR count). The fraction of sp³-hybridized carbons (Fsp3) is 0.294. The van der Waals surface area contributed by atoms with Crippen molar-refractivity contribution in [2.24, 2.45) is 0 Å². The number of benzene rings is 1. The first-order valence-electron chi connectivity index (χ1n) is 7.57. The average Bonchev–Trinajstić information content (AvgIpc) is 3.09. The Kier molecular flexibility index (Phi) is 6.90. The van der Waals surface area contributed by atoms with Crippen molar-refractivity contribution in [1.29, 1.82) is 0 Å². The lowest BCUT2D eigenvalue weighted by molar-refractivity contribution is -0.120. The van der Waals surface area contributed by atoms with E-state index in [1.54, 1.807) is 18.2 Å². The third kappa shape index (κ3) is 4.92. The molecule has 140 valence electrons. The van der Waals surface area contributed by atoms with Gasteiger partial charge in [0.15, 0.2) is 21.9 Å². The van der Waals surface area contributed by atoms with E-state index in [2.05, 4.69) is 26.6 Å². The van der Waals surface area contributed by atoms with Crippen molar-refractivity contribution in [1.82, 2.24) is 10.6 Å². The van der Waals surface area contributed by atoms with Crippen LogP contribution in [0.2, 0.25) is 0 Å². The zero-order valence-corrected chi connectivity index (χ0v) is 16.1. The van der Waals surface area contributed by atoms with Gasteiger partial charge in [0.2, 0.25) is 11.7 Å². The molecular weight excluding hydrogens is 408 g/mol. The molecular formula is C17H19BrN2O6. The lowest BCUT2D eigenvalue weighted by Gasteiger charge is -2.14. The Morgan fingerprint density at radius 2 is 1.69 bits per heavy atom. The van der Waals surface area contributed by atoms with E-state index < -0.39 is 5.91 Å². The Morgan fingerprint density at radius 1 is 1.04 bits per heavy atom. The maximum atomic E-state index is 11.9. The van der Waals surface area contributed by atoms with Gasteiger partial charge in [-0.1, -0.05) is 0 Å². The predicted octanol–water partition coefficient (Wildman–Crippen LogP) is 2.11. The third-order valence-corrected chi connectivity index (χ3v) is 3.85. The van der Waals surface area contributed by atoms with E-state index in [4.69, 9.17) is 18.6 Å². The number of rotatable bonds is 8. The van der Waals surface area contributed by atoms with Crippen molar-refractivity contribution in [3.8, 4) is 17.2 Å². The van der Waals surface area contributed by atoms with Crippen molar-refractivity contribution in [2.75, 3.05) is 27.9 Å². The van der Waals surface area contributed by atoms with Crippen LogP contribution in [0.25, 0.3) is 0 Å². The highest BCUT2D eigenvalue weighted by molar-refractivity contribution is 9.10. The third-order valence-electron chi connectivity index (χ3n) is 3.42. The van der Waals surface area contributed by atoms with E-state index in [0.717, 1.165) is 5.56 Å². The fourth-order valence-electron chi connectivity index (χ4n) is 2.18. The second-order valence-electron chi connectivity index (χ2n) is 5.10. The first kappa shape index (κ1) is 19.6. The molecule has 0 aliphatic heterocycles. The summed E-state index contributed by atoms with van der Waals surface area (Å²) in [6.45, 7) is 0.0549. The highest BCUT2D eigenvalue weighted by atomic mass is 79.9. The summed E-state index contributed by atoms with van der Waals surface area (Å²) in [5, 5.41) is 5.18. The molecule has 8 nitrogen and oxygen atoms in total. The van der Waals surface area contributed by atoms with E-state index in [9.17, 15) is 9.59 Å². The summed E-state index contributed by atoms with van der Waals surface area (Å²) >= 11 is 3.11. The van der Waals surface area contributed by atoms with Gasteiger partial charge in [-0.3, -0.25) is 9.59 Å². The molecule has 0 unspecified atom stereocenters. The molecule has 9 heteroatoms. The smallest absolute Gasteiger partial charge is 0.287 e.